The first kappa shape index (κ1) is 17.6. The van der Waals surface area contributed by atoms with E-state index in [1.165, 1.54) is 24.4 Å². The lowest BCUT2D eigenvalue weighted by Crippen LogP contribution is -2.09. The summed E-state index contributed by atoms with van der Waals surface area (Å²) in [4.78, 5) is 4.57. The molecule has 0 saturated heterocycles. The van der Waals surface area contributed by atoms with Crippen LogP contribution in [0.1, 0.15) is 60.9 Å². The van der Waals surface area contributed by atoms with E-state index in [-0.39, 0.29) is 33.9 Å². The van der Waals surface area contributed by atoms with E-state index < -0.39 is 25.5 Å². The zero-order valence-electron chi connectivity index (χ0n) is 32.2. The van der Waals surface area contributed by atoms with Crippen molar-refractivity contribution in [2.75, 3.05) is 0 Å². The van der Waals surface area contributed by atoms with Crippen molar-refractivity contribution >= 4 is 38.1 Å². The fourth-order valence-electron chi connectivity index (χ4n) is 5.88. The van der Waals surface area contributed by atoms with Crippen LogP contribution in [0.5, 0.6) is 0 Å². The van der Waals surface area contributed by atoms with Gasteiger partial charge in [-0.15, -0.1) is 0 Å². The maximum Gasteiger partial charge on any atom is 0.0992 e. The van der Waals surface area contributed by atoms with Gasteiger partial charge >= 0.3 is 0 Å². The number of rotatable bonds is 3. The standard InChI is InChI=1S/C38H30N4/c1-22-12-24(18-38(3,4)5)6-9-28(22)31-17-34(41-21-23(31)2)27-15-32-29-10-7-25(19-39)13-35(29)42-36-14-26(20-40)8-11-30(36)33(16-27)37(32)42/h6-17,21H,18H2,1-5H3/i1D3,2D3,9D,18D2. The van der Waals surface area contributed by atoms with Crippen molar-refractivity contribution in [3.05, 3.63) is 107 Å². The Labute approximate surface area is 258 Å². The maximum atomic E-state index is 9.68. The SMILES string of the molecule is [2H]c1cc(C([2H])([2H])C(C)(C)C)cc(C([2H])([2H])[2H])c1-c1cc(-c2cc3c4ccc(C#N)cc4n4c5cc(C#N)ccc5c(c2)c34)ncc1C([2H])([2H])[2H]. The normalized spacial score (nSPS) is 16.1. The summed E-state index contributed by atoms with van der Waals surface area (Å²) in [6, 6.07) is 22.7. The largest absolute Gasteiger partial charge is 0.308 e. The summed E-state index contributed by atoms with van der Waals surface area (Å²) in [5.41, 5.74) is 2.68. The molecule has 0 unspecified atom stereocenters. The lowest BCUT2D eigenvalue weighted by molar-refractivity contribution is 0.411. The van der Waals surface area contributed by atoms with Crippen LogP contribution in [0, 0.1) is 41.8 Å². The van der Waals surface area contributed by atoms with Gasteiger partial charge in [-0.05, 0) is 95.8 Å². The highest BCUT2D eigenvalue weighted by Gasteiger charge is 2.20. The minimum Gasteiger partial charge on any atom is -0.308 e. The molecule has 202 valence electrons. The van der Waals surface area contributed by atoms with Gasteiger partial charge in [-0.3, -0.25) is 4.98 Å². The first-order valence-electron chi connectivity index (χ1n) is 18.0. The second-order valence-corrected chi connectivity index (χ2v) is 11.6. The summed E-state index contributed by atoms with van der Waals surface area (Å²) in [7, 11) is 0. The van der Waals surface area contributed by atoms with Crippen molar-refractivity contribution in [2.45, 2.75) is 40.8 Å². The molecule has 0 fully saturated rings. The van der Waals surface area contributed by atoms with Crippen LogP contribution < -0.4 is 0 Å². The predicted octanol–water partition coefficient (Wildman–Crippen LogP) is 9.51. The Hall–Kier alpha value is -5.19. The summed E-state index contributed by atoms with van der Waals surface area (Å²) in [5, 5.41) is 22.7. The molecule has 0 saturated carbocycles. The van der Waals surface area contributed by atoms with Crippen molar-refractivity contribution in [2.24, 2.45) is 5.41 Å². The number of hydrogen-bond acceptors (Lipinski definition) is 3. The Morgan fingerprint density at radius 1 is 0.810 bits per heavy atom. The average Bonchev–Trinajstić information content (AvgIpc) is 3.56. The molecular weight excluding hydrogens is 512 g/mol. The monoisotopic (exact) mass is 551 g/mol. The van der Waals surface area contributed by atoms with E-state index in [0.29, 0.717) is 22.4 Å². The Kier molecular flexibility index (Phi) is 3.84. The van der Waals surface area contributed by atoms with Gasteiger partial charge in [-0.1, -0.05) is 51.1 Å². The number of aromatic nitrogens is 2. The van der Waals surface area contributed by atoms with Crippen molar-refractivity contribution in [3.8, 4) is 34.5 Å². The molecule has 0 aliphatic carbocycles. The highest BCUT2D eigenvalue weighted by molar-refractivity contribution is 6.24. The molecule has 4 nitrogen and oxygen atoms in total. The maximum absolute atomic E-state index is 9.68. The second-order valence-electron chi connectivity index (χ2n) is 11.6. The molecule has 0 N–H and O–H groups in total. The van der Waals surface area contributed by atoms with E-state index in [2.05, 4.69) is 17.1 Å². The van der Waals surface area contributed by atoms with Crippen molar-refractivity contribution in [1.82, 2.24) is 9.38 Å². The first-order valence-corrected chi connectivity index (χ1v) is 13.5. The van der Waals surface area contributed by atoms with Crippen molar-refractivity contribution in [3.63, 3.8) is 0 Å². The van der Waals surface area contributed by atoms with Crippen LogP contribution in [0.2, 0.25) is 0 Å². The molecule has 0 spiro atoms. The minimum atomic E-state index is -2.81. The summed E-state index contributed by atoms with van der Waals surface area (Å²) in [6.45, 7) is -0.483. The fraction of sp³-hybridized carbons (Fsp3) is 0.184. The highest BCUT2D eigenvalue weighted by atomic mass is 14.9. The summed E-state index contributed by atoms with van der Waals surface area (Å²) in [5.74, 6) is 0. The van der Waals surface area contributed by atoms with E-state index in [4.69, 9.17) is 12.3 Å². The molecule has 3 heterocycles. The minimum absolute atomic E-state index is 0.00401. The molecule has 4 heteroatoms. The van der Waals surface area contributed by atoms with Crippen LogP contribution in [0.15, 0.2) is 79.0 Å². The van der Waals surface area contributed by atoms with Crippen LogP contribution in [0.3, 0.4) is 0 Å². The van der Waals surface area contributed by atoms with Gasteiger partial charge in [0.2, 0.25) is 0 Å². The molecule has 7 rings (SSSR count). The molecule has 0 amide bonds. The van der Waals surface area contributed by atoms with Gasteiger partial charge in [-0.2, -0.15) is 10.5 Å². The molecule has 3 aromatic heterocycles. The average molecular weight is 552 g/mol. The molecule has 7 aromatic rings. The Balaban J connectivity index is 1.55. The molecule has 0 bridgehead atoms. The topological polar surface area (TPSA) is 64.9 Å². The van der Waals surface area contributed by atoms with Gasteiger partial charge in [0.15, 0.2) is 0 Å². The first-order chi connectivity index (χ1) is 23.8. The molecule has 0 radical (unpaired) electrons. The van der Waals surface area contributed by atoms with Crippen LogP contribution in [0.4, 0.5) is 0 Å². The third kappa shape index (κ3) is 3.99. The van der Waals surface area contributed by atoms with Crippen LogP contribution in [-0.4, -0.2) is 9.38 Å². The Morgan fingerprint density at radius 3 is 2.02 bits per heavy atom. The second kappa shape index (κ2) is 9.16. The number of aryl methyl sites for hydroxylation is 2. The molecule has 0 aliphatic rings. The number of hydrogen-bond donors (Lipinski definition) is 0. The highest BCUT2D eigenvalue weighted by Crippen LogP contribution is 2.42. The van der Waals surface area contributed by atoms with Crippen LogP contribution >= 0.6 is 0 Å². The van der Waals surface area contributed by atoms with Gasteiger partial charge in [0.25, 0.3) is 0 Å². The van der Waals surface area contributed by atoms with E-state index in [9.17, 15) is 10.5 Å². The van der Waals surface area contributed by atoms with E-state index >= 15 is 0 Å². The van der Waals surface area contributed by atoms with Gasteiger partial charge < -0.3 is 4.40 Å². The number of nitrogens with zero attached hydrogens (tertiary/aromatic N) is 4. The van der Waals surface area contributed by atoms with E-state index in [1.54, 1.807) is 45.0 Å². The molecule has 0 atom stereocenters. The lowest BCUT2D eigenvalue weighted by atomic mass is 9.86. The van der Waals surface area contributed by atoms with Gasteiger partial charge in [-0.25, -0.2) is 0 Å². The lowest BCUT2D eigenvalue weighted by Gasteiger charge is -2.19. The van der Waals surface area contributed by atoms with Gasteiger partial charge in [0.05, 0.1) is 46.9 Å². The Bertz CT molecular complexity index is 2560. The Morgan fingerprint density at radius 2 is 1.45 bits per heavy atom. The predicted molar refractivity (Wildman–Crippen MR) is 172 cm³/mol. The molecule has 4 aromatic carbocycles. The zero-order valence-corrected chi connectivity index (χ0v) is 23.2. The summed E-state index contributed by atoms with van der Waals surface area (Å²) in [6.07, 6.45) is -0.810. The summed E-state index contributed by atoms with van der Waals surface area (Å²) >= 11 is 0. The number of pyridine rings is 1. The molecular formula is C38H30N4. The van der Waals surface area contributed by atoms with E-state index in [0.717, 1.165) is 38.1 Å². The van der Waals surface area contributed by atoms with Crippen LogP contribution in [-0.2, 0) is 6.37 Å². The van der Waals surface area contributed by atoms with Crippen molar-refractivity contribution in [1.29, 1.82) is 10.5 Å². The van der Waals surface area contributed by atoms with Crippen molar-refractivity contribution < 1.29 is 12.3 Å². The quantitative estimate of drug-likeness (QED) is 0.220. The van der Waals surface area contributed by atoms with Gasteiger partial charge in [0.1, 0.15) is 0 Å². The van der Waals surface area contributed by atoms with Gasteiger partial charge in [0, 0.05) is 44.3 Å². The number of nitriles is 2. The zero-order chi connectivity index (χ0) is 37.0. The number of benzene rings is 4. The van der Waals surface area contributed by atoms with E-state index in [1.807, 2.05) is 28.7 Å². The molecule has 42 heavy (non-hydrogen) atoms. The number of fused-ring (bicyclic) bond motifs is 6. The molecule has 0 aliphatic heterocycles. The summed E-state index contributed by atoms with van der Waals surface area (Å²) < 4.78 is 79.0. The fourth-order valence-corrected chi connectivity index (χ4v) is 5.88. The smallest absolute Gasteiger partial charge is 0.0992 e. The third-order valence-corrected chi connectivity index (χ3v) is 7.58. The third-order valence-electron chi connectivity index (χ3n) is 7.58. The van der Waals surface area contributed by atoms with Crippen LogP contribution in [0.25, 0.3) is 60.5 Å².